The zero-order valence-corrected chi connectivity index (χ0v) is 14.7. The minimum absolute atomic E-state index is 0.612. The minimum atomic E-state index is 0.612. The molecule has 0 aromatic carbocycles. The molecule has 1 aliphatic heterocycles. The smallest absolute Gasteiger partial charge is 0.142 e. The van der Waals surface area contributed by atoms with Gasteiger partial charge >= 0.3 is 0 Å². The Kier molecular flexibility index (Phi) is 4.69. The van der Waals surface area contributed by atoms with E-state index in [1.807, 2.05) is 6.20 Å². The average molecular weight is 327 g/mol. The van der Waals surface area contributed by atoms with Gasteiger partial charge in [-0.05, 0) is 76.6 Å². The molecule has 5 nitrogen and oxygen atoms in total. The van der Waals surface area contributed by atoms with Crippen LogP contribution in [0.2, 0.25) is 0 Å². The summed E-state index contributed by atoms with van der Waals surface area (Å²) < 4.78 is 0. The Morgan fingerprint density at radius 3 is 2.75 bits per heavy atom. The number of H-pyrrole nitrogens is 1. The molecule has 0 bridgehead atoms. The summed E-state index contributed by atoms with van der Waals surface area (Å²) in [4.78, 5) is 17.1. The van der Waals surface area contributed by atoms with Crippen LogP contribution in [-0.4, -0.2) is 52.6 Å². The van der Waals surface area contributed by atoms with Crippen molar-refractivity contribution in [1.29, 1.82) is 0 Å². The standard InChI is InChI=1S/C19H29N5/c1-23(19-17-8-10-20-18(17)21-14-22-19)16-6-4-15(5-7-16)9-13-24-11-2-3-12-24/h8,10,14-16H,2-7,9,11-13H2,1H3,(H,20,21,22). The molecule has 2 fully saturated rings. The lowest BCUT2D eigenvalue weighted by molar-refractivity contribution is 0.253. The van der Waals surface area contributed by atoms with Crippen molar-refractivity contribution in [1.82, 2.24) is 19.9 Å². The fraction of sp³-hybridized carbons (Fsp3) is 0.684. The van der Waals surface area contributed by atoms with Gasteiger partial charge in [-0.1, -0.05) is 0 Å². The predicted molar refractivity (Wildman–Crippen MR) is 98.3 cm³/mol. The molecular formula is C19H29N5. The number of rotatable bonds is 5. The van der Waals surface area contributed by atoms with E-state index in [9.17, 15) is 0 Å². The van der Waals surface area contributed by atoms with E-state index in [4.69, 9.17) is 0 Å². The molecule has 4 rings (SSSR count). The van der Waals surface area contributed by atoms with Crippen LogP contribution in [0.1, 0.15) is 44.9 Å². The third-order valence-corrected chi connectivity index (χ3v) is 6.08. The topological polar surface area (TPSA) is 48.1 Å². The van der Waals surface area contributed by atoms with E-state index in [2.05, 4.69) is 37.9 Å². The largest absolute Gasteiger partial charge is 0.356 e. The number of likely N-dealkylation sites (tertiary alicyclic amines) is 1. The molecule has 2 aromatic heterocycles. The summed E-state index contributed by atoms with van der Waals surface area (Å²) in [6.07, 6.45) is 13.1. The van der Waals surface area contributed by atoms with Crippen LogP contribution >= 0.6 is 0 Å². The van der Waals surface area contributed by atoms with Crippen LogP contribution in [0.3, 0.4) is 0 Å². The summed E-state index contributed by atoms with van der Waals surface area (Å²) in [5.74, 6) is 2.00. The van der Waals surface area contributed by atoms with Crippen LogP contribution in [0.25, 0.3) is 11.0 Å². The van der Waals surface area contributed by atoms with Crippen molar-refractivity contribution in [3.05, 3.63) is 18.6 Å². The third-order valence-electron chi connectivity index (χ3n) is 6.08. The highest BCUT2D eigenvalue weighted by atomic mass is 15.2. The number of hydrogen-bond acceptors (Lipinski definition) is 4. The summed E-state index contributed by atoms with van der Waals surface area (Å²) >= 11 is 0. The number of aromatic nitrogens is 3. The molecule has 0 radical (unpaired) electrons. The summed E-state index contributed by atoms with van der Waals surface area (Å²) in [6.45, 7) is 3.98. The summed E-state index contributed by atoms with van der Waals surface area (Å²) in [7, 11) is 2.20. The summed E-state index contributed by atoms with van der Waals surface area (Å²) in [5, 5.41) is 1.14. The number of nitrogens with one attached hydrogen (secondary N) is 1. The Morgan fingerprint density at radius 1 is 1.17 bits per heavy atom. The summed E-state index contributed by atoms with van der Waals surface area (Å²) in [6, 6.07) is 2.70. The molecule has 0 unspecified atom stereocenters. The van der Waals surface area contributed by atoms with E-state index in [1.54, 1.807) is 6.33 Å². The van der Waals surface area contributed by atoms with Gasteiger partial charge in [0.05, 0.1) is 5.39 Å². The second-order valence-electron chi connectivity index (χ2n) is 7.56. The molecule has 24 heavy (non-hydrogen) atoms. The zero-order chi connectivity index (χ0) is 16.4. The van der Waals surface area contributed by atoms with E-state index >= 15 is 0 Å². The highest BCUT2D eigenvalue weighted by molar-refractivity contribution is 5.87. The molecule has 2 aliphatic rings. The van der Waals surface area contributed by atoms with Crippen molar-refractivity contribution >= 4 is 16.9 Å². The third kappa shape index (κ3) is 3.27. The maximum absolute atomic E-state index is 4.55. The zero-order valence-electron chi connectivity index (χ0n) is 14.7. The number of nitrogens with zero attached hydrogens (tertiary/aromatic N) is 4. The van der Waals surface area contributed by atoms with Gasteiger partial charge in [0.2, 0.25) is 0 Å². The average Bonchev–Trinajstić information content (AvgIpc) is 3.31. The van der Waals surface area contributed by atoms with Gasteiger partial charge in [-0.2, -0.15) is 0 Å². The first-order chi connectivity index (χ1) is 11.8. The van der Waals surface area contributed by atoms with E-state index < -0.39 is 0 Å². The number of hydrogen-bond donors (Lipinski definition) is 1. The lowest BCUT2D eigenvalue weighted by Crippen LogP contribution is -2.36. The normalized spacial score (nSPS) is 25.4. The molecule has 2 aromatic rings. The maximum Gasteiger partial charge on any atom is 0.142 e. The molecule has 5 heteroatoms. The van der Waals surface area contributed by atoms with Gasteiger partial charge in [-0.3, -0.25) is 0 Å². The van der Waals surface area contributed by atoms with Crippen molar-refractivity contribution < 1.29 is 0 Å². The monoisotopic (exact) mass is 327 g/mol. The Labute approximate surface area is 144 Å². The van der Waals surface area contributed by atoms with Crippen LogP contribution < -0.4 is 4.90 Å². The fourth-order valence-electron chi connectivity index (χ4n) is 4.50. The van der Waals surface area contributed by atoms with E-state index in [-0.39, 0.29) is 0 Å². The van der Waals surface area contributed by atoms with Crippen molar-refractivity contribution in [3.8, 4) is 0 Å². The molecule has 3 heterocycles. The highest BCUT2D eigenvalue weighted by Gasteiger charge is 2.26. The second kappa shape index (κ2) is 7.09. The van der Waals surface area contributed by atoms with Gasteiger partial charge in [0.1, 0.15) is 17.8 Å². The van der Waals surface area contributed by atoms with Crippen molar-refractivity contribution in [3.63, 3.8) is 0 Å². The van der Waals surface area contributed by atoms with Gasteiger partial charge in [0.25, 0.3) is 0 Å². The molecule has 0 amide bonds. The molecule has 1 aliphatic carbocycles. The minimum Gasteiger partial charge on any atom is -0.356 e. The first kappa shape index (κ1) is 15.9. The van der Waals surface area contributed by atoms with E-state index in [0.717, 1.165) is 22.8 Å². The predicted octanol–water partition coefficient (Wildman–Crippen LogP) is 3.44. The first-order valence-corrected chi connectivity index (χ1v) is 9.54. The molecular weight excluding hydrogens is 298 g/mol. The number of fused-ring (bicyclic) bond motifs is 1. The van der Waals surface area contributed by atoms with E-state index in [0.29, 0.717) is 6.04 Å². The highest BCUT2D eigenvalue weighted by Crippen LogP contribution is 2.33. The fourth-order valence-corrected chi connectivity index (χ4v) is 4.50. The quantitative estimate of drug-likeness (QED) is 0.914. The molecule has 1 saturated carbocycles. The Hall–Kier alpha value is -1.62. The van der Waals surface area contributed by atoms with Gasteiger partial charge in [-0.25, -0.2) is 9.97 Å². The van der Waals surface area contributed by atoms with Crippen LogP contribution in [-0.2, 0) is 0 Å². The molecule has 1 saturated heterocycles. The van der Waals surface area contributed by atoms with Crippen LogP contribution in [0, 0.1) is 5.92 Å². The van der Waals surface area contributed by atoms with E-state index in [1.165, 1.54) is 64.6 Å². The second-order valence-corrected chi connectivity index (χ2v) is 7.56. The van der Waals surface area contributed by atoms with Crippen LogP contribution in [0.5, 0.6) is 0 Å². The van der Waals surface area contributed by atoms with Crippen LogP contribution in [0.4, 0.5) is 5.82 Å². The maximum atomic E-state index is 4.55. The van der Waals surface area contributed by atoms with Crippen molar-refractivity contribution in [2.24, 2.45) is 5.92 Å². The van der Waals surface area contributed by atoms with Crippen molar-refractivity contribution in [2.45, 2.75) is 51.0 Å². The first-order valence-electron chi connectivity index (χ1n) is 9.54. The van der Waals surface area contributed by atoms with Gasteiger partial charge in [-0.15, -0.1) is 0 Å². The van der Waals surface area contributed by atoms with Gasteiger partial charge in [0.15, 0.2) is 0 Å². The lowest BCUT2D eigenvalue weighted by atomic mass is 9.83. The van der Waals surface area contributed by atoms with Gasteiger partial charge in [0, 0.05) is 19.3 Å². The number of anilines is 1. The lowest BCUT2D eigenvalue weighted by Gasteiger charge is -2.36. The molecule has 0 spiro atoms. The Balaban J connectivity index is 1.32. The summed E-state index contributed by atoms with van der Waals surface area (Å²) in [5.41, 5.74) is 0.936. The number of aromatic amines is 1. The SMILES string of the molecule is CN(c1ncnc2[nH]ccc12)C1CCC(CCN2CCCC2)CC1. The molecule has 130 valence electrons. The molecule has 1 N–H and O–H groups in total. The Morgan fingerprint density at radius 2 is 1.96 bits per heavy atom. The van der Waals surface area contributed by atoms with Crippen molar-refractivity contribution in [2.75, 3.05) is 31.6 Å². The van der Waals surface area contributed by atoms with Gasteiger partial charge < -0.3 is 14.8 Å². The van der Waals surface area contributed by atoms with Crippen LogP contribution in [0.15, 0.2) is 18.6 Å². The molecule has 0 atom stereocenters. The Bertz CT molecular complexity index is 653.